The number of carbonyl (C=O) groups is 4. The smallest absolute Gasteiger partial charge is 0.261 e. The van der Waals surface area contributed by atoms with Gasteiger partial charge in [0, 0.05) is 19.3 Å². The summed E-state index contributed by atoms with van der Waals surface area (Å²) >= 11 is 4.54. The Hall–Kier alpha value is -3.65. The van der Waals surface area contributed by atoms with Gasteiger partial charge in [-0.1, -0.05) is 42.5 Å². The highest BCUT2D eigenvalue weighted by Crippen LogP contribution is 2.27. The predicted molar refractivity (Wildman–Crippen MR) is 139 cm³/mol. The Morgan fingerprint density at radius 1 is 0.943 bits per heavy atom. The summed E-state index contributed by atoms with van der Waals surface area (Å²) in [5.41, 5.74) is 1.40. The first kappa shape index (κ1) is 24.5. The number of hydrogen-bond acceptors (Lipinski definition) is 5. The van der Waals surface area contributed by atoms with Gasteiger partial charge in [0.1, 0.15) is 6.04 Å². The van der Waals surface area contributed by atoms with Gasteiger partial charge in [-0.15, -0.1) is 0 Å². The van der Waals surface area contributed by atoms with Crippen LogP contribution in [-0.2, 0) is 9.59 Å². The number of fused-ring (bicyclic) bond motifs is 2. The highest BCUT2D eigenvalue weighted by Gasteiger charge is 2.35. The zero-order chi connectivity index (χ0) is 25.1. The van der Waals surface area contributed by atoms with Crippen LogP contribution in [-0.4, -0.2) is 53.4 Å². The number of thiol groups is 1. The van der Waals surface area contributed by atoms with Crippen molar-refractivity contribution in [1.29, 1.82) is 0 Å². The van der Waals surface area contributed by atoms with Gasteiger partial charge >= 0.3 is 0 Å². The maximum absolute atomic E-state index is 13.5. The fourth-order valence-corrected chi connectivity index (χ4v) is 4.67. The molecule has 0 saturated carbocycles. The van der Waals surface area contributed by atoms with E-state index >= 15 is 0 Å². The van der Waals surface area contributed by atoms with Gasteiger partial charge in [0.2, 0.25) is 11.8 Å². The highest BCUT2D eigenvalue weighted by atomic mass is 32.1. The predicted octanol–water partition coefficient (Wildman–Crippen LogP) is 3.68. The van der Waals surface area contributed by atoms with Crippen molar-refractivity contribution < 1.29 is 19.2 Å². The summed E-state index contributed by atoms with van der Waals surface area (Å²) in [4.78, 5) is 53.8. The average molecular weight is 490 g/mol. The molecule has 0 radical (unpaired) electrons. The maximum Gasteiger partial charge on any atom is 0.261 e. The molecule has 1 aliphatic heterocycles. The lowest BCUT2D eigenvalue weighted by molar-refractivity contribution is -0.125. The zero-order valence-corrected chi connectivity index (χ0v) is 20.5. The largest absolute Gasteiger partial charge is 0.357 e. The van der Waals surface area contributed by atoms with Crippen LogP contribution in [0.5, 0.6) is 0 Å². The first-order chi connectivity index (χ1) is 16.8. The van der Waals surface area contributed by atoms with Crippen molar-refractivity contribution in [2.24, 2.45) is 0 Å². The Morgan fingerprint density at radius 2 is 1.54 bits per heavy atom. The molecule has 3 aromatic carbocycles. The average Bonchev–Trinajstić information content (AvgIpc) is 3.13. The van der Waals surface area contributed by atoms with Gasteiger partial charge in [-0.3, -0.25) is 29.0 Å². The molecule has 7 nitrogen and oxygen atoms in total. The van der Waals surface area contributed by atoms with Crippen LogP contribution >= 0.6 is 12.6 Å². The normalized spacial score (nSPS) is 14.5. The van der Waals surface area contributed by atoms with E-state index in [9.17, 15) is 19.2 Å². The van der Waals surface area contributed by atoms with Crippen molar-refractivity contribution in [1.82, 2.24) is 10.2 Å². The van der Waals surface area contributed by atoms with Crippen LogP contribution in [0.4, 0.5) is 5.69 Å². The van der Waals surface area contributed by atoms with E-state index in [0.29, 0.717) is 29.7 Å². The number of hydrogen-bond donors (Lipinski definition) is 2. The Morgan fingerprint density at radius 3 is 2.17 bits per heavy atom. The molecule has 180 valence electrons. The van der Waals surface area contributed by atoms with E-state index in [1.165, 1.54) is 16.8 Å². The SMILES string of the molecule is CNC(=O)[C@H](C)N(C(=O)[C@@H](S)CCCN1C(=O)c2ccccc2C1=O)c1ccc2ccccc2c1. The Labute approximate surface area is 209 Å². The minimum Gasteiger partial charge on any atom is -0.357 e. The molecule has 0 aliphatic carbocycles. The molecule has 8 heteroatoms. The molecule has 1 N–H and O–H groups in total. The molecule has 0 saturated heterocycles. The molecule has 35 heavy (non-hydrogen) atoms. The van der Waals surface area contributed by atoms with Crippen LogP contribution in [0.3, 0.4) is 0 Å². The van der Waals surface area contributed by atoms with E-state index in [4.69, 9.17) is 0 Å². The lowest BCUT2D eigenvalue weighted by atomic mass is 10.1. The number of imide groups is 1. The molecule has 0 unspecified atom stereocenters. The van der Waals surface area contributed by atoms with Crippen molar-refractivity contribution >= 4 is 52.7 Å². The first-order valence-corrected chi connectivity index (χ1v) is 12.0. The highest BCUT2D eigenvalue weighted by molar-refractivity contribution is 7.81. The van der Waals surface area contributed by atoms with Crippen LogP contribution in [0.2, 0.25) is 0 Å². The van der Waals surface area contributed by atoms with Crippen molar-refractivity contribution in [2.45, 2.75) is 31.1 Å². The van der Waals surface area contributed by atoms with Gasteiger partial charge < -0.3 is 5.32 Å². The number of amides is 4. The van der Waals surface area contributed by atoms with Crippen LogP contribution in [0.25, 0.3) is 10.8 Å². The van der Waals surface area contributed by atoms with Crippen LogP contribution in [0.15, 0.2) is 66.7 Å². The Bertz CT molecular complexity index is 1270. The quantitative estimate of drug-likeness (QED) is 0.373. The molecule has 1 aliphatic rings. The standard InChI is InChI=1S/C27H27N3O4S/c1-17(24(31)28-2)30(20-14-13-18-8-3-4-9-19(18)16-20)27(34)23(35)12-7-15-29-25(32)21-10-5-6-11-22(21)26(29)33/h3-6,8-11,13-14,16-17,23,35H,7,12,15H2,1-2H3,(H,28,31)/t17-,23-/m0/s1. The number of carbonyl (C=O) groups excluding carboxylic acids is 4. The van der Waals surface area contributed by atoms with Gasteiger partial charge in [-0.05, 0) is 54.8 Å². The summed E-state index contributed by atoms with van der Waals surface area (Å²) in [5.74, 6) is -1.25. The molecule has 3 aromatic rings. The number of benzene rings is 3. The van der Waals surface area contributed by atoms with E-state index in [2.05, 4.69) is 17.9 Å². The molecule has 4 amide bonds. The minimum atomic E-state index is -0.750. The van der Waals surface area contributed by atoms with Crippen LogP contribution < -0.4 is 10.2 Å². The molecule has 1 heterocycles. The number of nitrogens with zero attached hydrogens (tertiary/aromatic N) is 2. The number of rotatable bonds is 8. The summed E-state index contributed by atoms with van der Waals surface area (Å²) in [6.45, 7) is 1.86. The van der Waals surface area contributed by atoms with Crippen LogP contribution in [0.1, 0.15) is 40.5 Å². The van der Waals surface area contributed by atoms with Crippen LogP contribution in [0, 0.1) is 0 Å². The lowest BCUT2D eigenvalue weighted by Crippen LogP contribution is -2.50. The lowest BCUT2D eigenvalue weighted by Gasteiger charge is -2.30. The summed E-state index contributed by atoms with van der Waals surface area (Å²) < 4.78 is 0. The van der Waals surface area contributed by atoms with Gasteiger partial charge in [0.15, 0.2) is 0 Å². The topological polar surface area (TPSA) is 86.8 Å². The Balaban J connectivity index is 1.48. The maximum atomic E-state index is 13.5. The van der Waals surface area contributed by atoms with E-state index in [0.717, 1.165) is 10.8 Å². The van der Waals surface area contributed by atoms with Gasteiger partial charge in [-0.25, -0.2) is 0 Å². The van der Waals surface area contributed by atoms with Gasteiger partial charge in [0.25, 0.3) is 11.8 Å². The summed E-state index contributed by atoms with van der Waals surface area (Å²) in [7, 11) is 1.53. The van der Waals surface area contributed by atoms with E-state index in [1.54, 1.807) is 31.2 Å². The zero-order valence-electron chi connectivity index (χ0n) is 19.6. The molecular formula is C27H27N3O4S. The second kappa shape index (κ2) is 10.3. The van der Waals surface area contributed by atoms with Crippen molar-refractivity contribution in [2.75, 3.05) is 18.5 Å². The second-order valence-electron chi connectivity index (χ2n) is 8.50. The first-order valence-electron chi connectivity index (χ1n) is 11.5. The molecule has 0 fully saturated rings. The van der Waals surface area contributed by atoms with Crippen molar-refractivity contribution in [3.05, 3.63) is 77.9 Å². The summed E-state index contributed by atoms with van der Waals surface area (Å²) in [5, 5.41) is 3.87. The summed E-state index contributed by atoms with van der Waals surface area (Å²) in [6.07, 6.45) is 0.741. The number of nitrogens with one attached hydrogen (secondary N) is 1. The third-order valence-electron chi connectivity index (χ3n) is 6.28. The Kier molecular flexibility index (Phi) is 7.21. The monoisotopic (exact) mass is 489 g/mol. The fourth-order valence-electron chi connectivity index (χ4n) is 4.36. The molecule has 0 aromatic heterocycles. The third kappa shape index (κ3) is 4.79. The third-order valence-corrected chi connectivity index (χ3v) is 6.76. The summed E-state index contributed by atoms with van der Waals surface area (Å²) in [6, 6.07) is 19.4. The van der Waals surface area contributed by atoms with Gasteiger partial charge in [-0.2, -0.15) is 12.6 Å². The molecule has 4 rings (SSSR count). The van der Waals surface area contributed by atoms with E-state index in [1.807, 2.05) is 42.5 Å². The van der Waals surface area contributed by atoms with Gasteiger partial charge in [0.05, 0.1) is 16.4 Å². The molecule has 0 bridgehead atoms. The van der Waals surface area contributed by atoms with Crippen molar-refractivity contribution in [3.8, 4) is 0 Å². The molecule has 2 atom stereocenters. The number of likely N-dealkylation sites (N-methyl/N-ethyl adjacent to an activating group) is 1. The minimum absolute atomic E-state index is 0.192. The van der Waals surface area contributed by atoms with E-state index in [-0.39, 0.29) is 30.2 Å². The van der Waals surface area contributed by atoms with Crippen molar-refractivity contribution in [3.63, 3.8) is 0 Å². The molecule has 0 spiro atoms. The second-order valence-corrected chi connectivity index (χ2v) is 9.12. The number of anilines is 1. The molecular weight excluding hydrogens is 462 g/mol. The fraction of sp³-hybridized carbons (Fsp3) is 0.259. The van der Waals surface area contributed by atoms with E-state index < -0.39 is 11.3 Å².